The van der Waals surface area contributed by atoms with Crippen LogP contribution < -0.4 is 0 Å². The van der Waals surface area contributed by atoms with Crippen LogP contribution in [0.25, 0.3) is 0 Å². The lowest BCUT2D eigenvalue weighted by Gasteiger charge is -2.00. The highest BCUT2D eigenvalue weighted by atomic mass is 32.2. The number of rotatable bonds is 4. The number of carbonyl (C=O) groups excluding carboxylic acids is 1. The molecule has 0 spiro atoms. The van der Waals surface area contributed by atoms with Crippen LogP contribution in [-0.2, 0) is 11.8 Å². The fraction of sp³-hybridized carbons (Fsp3) is 0.500. The topological polar surface area (TPSA) is 68.0 Å². The van der Waals surface area contributed by atoms with Crippen LogP contribution in [0.5, 0.6) is 0 Å². The Morgan fingerprint density at radius 2 is 2.67 bits per heavy atom. The van der Waals surface area contributed by atoms with Gasteiger partial charge < -0.3 is 14.5 Å². The van der Waals surface area contributed by atoms with Gasteiger partial charge in [-0.1, -0.05) is 11.8 Å². The van der Waals surface area contributed by atoms with Crippen molar-refractivity contribution in [3.63, 3.8) is 0 Å². The quantitative estimate of drug-likeness (QED) is 0.507. The van der Waals surface area contributed by atoms with E-state index in [1.807, 2.05) is 0 Å². The number of aldehydes is 1. The number of nitrogens with zero attached hydrogens (tertiary/aromatic N) is 3. The number of aryl methyl sites for hydroxylation is 1. The van der Waals surface area contributed by atoms with E-state index >= 15 is 0 Å². The van der Waals surface area contributed by atoms with E-state index in [-0.39, 0.29) is 0 Å². The van der Waals surface area contributed by atoms with E-state index in [0.29, 0.717) is 17.2 Å². The van der Waals surface area contributed by atoms with Gasteiger partial charge in [0.1, 0.15) is 18.7 Å². The molecule has 1 heterocycles. The molecule has 1 unspecified atom stereocenters. The predicted molar refractivity (Wildman–Crippen MR) is 43.8 cm³/mol. The highest BCUT2D eigenvalue weighted by Gasteiger charge is 2.05. The summed E-state index contributed by atoms with van der Waals surface area (Å²) in [5.41, 5.74) is 0. The summed E-state index contributed by atoms with van der Waals surface area (Å²) in [6.45, 7) is 0. The summed E-state index contributed by atoms with van der Waals surface area (Å²) in [5.74, 6) is 0.316. The zero-order valence-electron chi connectivity index (χ0n) is 6.54. The third-order valence-corrected chi connectivity index (χ3v) is 2.35. The largest absolute Gasteiger partial charge is 0.385 e. The van der Waals surface area contributed by atoms with Gasteiger partial charge in [0.05, 0.1) is 0 Å². The summed E-state index contributed by atoms with van der Waals surface area (Å²) >= 11 is 1.29. The molecule has 1 N–H and O–H groups in total. The van der Waals surface area contributed by atoms with Crippen LogP contribution in [0.15, 0.2) is 11.5 Å². The number of thioether (sulfide) groups is 1. The molecule has 0 bridgehead atoms. The van der Waals surface area contributed by atoms with E-state index in [1.54, 1.807) is 17.9 Å². The van der Waals surface area contributed by atoms with Gasteiger partial charge in [0.15, 0.2) is 5.16 Å². The van der Waals surface area contributed by atoms with Crippen molar-refractivity contribution < 1.29 is 9.90 Å². The summed E-state index contributed by atoms with van der Waals surface area (Å²) < 4.78 is 1.72. The van der Waals surface area contributed by atoms with Crippen molar-refractivity contribution >= 4 is 18.0 Å². The van der Waals surface area contributed by atoms with Gasteiger partial charge in [-0.05, 0) is 0 Å². The summed E-state index contributed by atoms with van der Waals surface area (Å²) in [6, 6.07) is 0. The zero-order chi connectivity index (χ0) is 8.97. The van der Waals surface area contributed by atoms with Crippen LogP contribution in [0, 0.1) is 0 Å². The molecule has 1 atom stereocenters. The number of carbonyl (C=O) groups is 1. The van der Waals surface area contributed by atoms with Gasteiger partial charge in [0.2, 0.25) is 0 Å². The van der Waals surface area contributed by atoms with Crippen LogP contribution in [0.2, 0.25) is 0 Å². The first-order chi connectivity index (χ1) is 5.74. The normalized spacial score (nSPS) is 12.8. The molecule has 12 heavy (non-hydrogen) atoms. The molecule has 0 radical (unpaired) electrons. The number of hydrogen-bond acceptors (Lipinski definition) is 5. The van der Waals surface area contributed by atoms with Gasteiger partial charge in [-0.25, -0.2) is 0 Å². The number of hydrogen-bond donors (Lipinski definition) is 1. The Kier molecular flexibility index (Phi) is 3.24. The second-order valence-electron chi connectivity index (χ2n) is 2.24. The third-order valence-electron chi connectivity index (χ3n) is 1.21. The van der Waals surface area contributed by atoms with E-state index < -0.39 is 6.10 Å². The molecule has 0 saturated heterocycles. The summed E-state index contributed by atoms with van der Waals surface area (Å²) in [6.07, 6.45) is 1.14. The second kappa shape index (κ2) is 4.22. The van der Waals surface area contributed by atoms with E-state index in [4.69, 9.17) is 5.11 Å². The monoisotopic (exact) mass is 187 g/mol. The van der Waals surface area contributed by atoms with Crippen molar-refractivity contribution in [2.45, 2.75) is 11.3 Å². The van der Waals surface area contributed by atoms with Crippen LogP contribution in [0.1, 0.15) is 0 Å². The Bertz CT molecular complexity index is 263. The van der Waals surface area contributed by atoms with E-state index in [1.165, 1.54) is 11.8 Å². The van der Waals surface area contributed by atoms with Gasteiger partial charge in [-0.15, -0.1) is 10.2 Å². The molecule has 66 valence electrons. The van der Waals surface area contributed by atoms with Crippen molar-refractivity contribution in [3.8, 4) is 0 Å². The summed E-state index contributed by atoms with van der Waals surface area (Å²) in [5, 5.41) is 17.0. The lowest BCUT2D eigenvalue weighted by atomic mass is 10.5. The highest BCUT2D eigenvalue weighted by Crippen LogP contribution is 2.13. The smallest absolute Gasteiger partial charge is 0.190 e. The van der Waals surface area contributed by atoms with Crippen molar-refractivity contribution in [2.24, 2.45) is 7.05 Å². The Hall–Kier alpha value is -0.880. The maximum atomic E-state index is 10.0. The molecule has 6 heteroatoms. The van der Waals surface area contributed by atoms with Crippen molar-refractivity contribution in [1.82, 2.24) is 14.8 Å². The molecule has 0 aliphatic rings. The van der Waals surface area contributed by atoms with Crippen molar-refractivity contribution in [1.29, 1.82) is 0 Å². The lowest BCUT2D eigenvalue weighted by Crippen LogP contribution is -2.11. The van der Waals surface area contributed by atoms with Crippen molar-refractivity contribution in [3.05, 3.63) is 6.33 Å². The molecule has 0 saturated carbocycles. The first kappa shape index (κ1) is 9.21. The van der Waals surface area contributed by atoms with Crippen LogP contribution >= 0.6 is 11.8 Å². The second-order valence-corrected chi connectivity index (χ2v) is 3.23. The Balaban J connectivity index is 2.43. The van der Waals surface area contributed by atoms with Gasteiger partial charge in [0.25, 0.3) is 0 Å². The summed E-state index contributed by atoms with van der Waals surface area (Å²) in [7, 11) is 1.80. The SMILES string of the molecule is Cn1cnnc1SCC(O)C=O. The van der Waals surface area contributed by atoms with Crippen LogP contribution in [0.3, 0.4) is 0 Å². The van der Waals surface area contributed by atoms with E-state index in [2.05, 4.69) is 10.2 Å². The van der Waals surface area contributed by atoms with Crippen LogP contribution in [-0.4, -0.2) is 38.0 Å². The first-order valence-electron chi connectivity index (χ1n) is 3.34. The minimum atomic E-state index is -0.924. The van der Waals surface area contributed by atoms with Gasteiger partial charge in [-0.2, -0.15) is 0 Å². The molecule has 0 amide bonds. The average molecular weight is 187 g/mol. The zero-order valence-corrected chi connectivity index (χ0v) is 7.36. The molecule has 0 aliphatic carbocycles. The fourth-order valence-corrected chi connectivity index (χ4v) is 1.36. The predicted octanol–water partition coefficient (Wildman–Crippen LogP) is -0.533. The van der Waals surface area contributed by atoms with Gasteiger partial charge in [-0.3, -0.25) is 0 Å². The number of aromatic nitrogens is 3. The number of aliphatic hydroxyl groups excluding tert-OH is 1. The Labute approximate surface area is 73.8 Å². The first-order valence-corrected chi connectivity index (χ1v) is 4.32. The molecule has 0 aromatic carbocycles. The maximum Gasteiger partial charge on any atom is 0.190 e. The van der Waals surface area contributed by atoms with Crippen LogP contribution in [0.4, 0.5) is 0 Å². The van der Waals surface area contributed by atoms with Crippen molar-refractivity contribution in [2.75, 3.05) is 5.75 Å². The molecule has 1 aromatic rings. The average Bonchev–Trinajstić information content (AvgIpc) is 2.47. The van der Waals surface area contributed by atoms with E-state index in [9.17, 15) is 4.79 Å². The maximum absolute atomic E-state index is 10.0. The molecule has 5 nitrogen and oxygen atoms in total. The molecule has 1 rings (SSSR count). The lowest BCUT2D eigenvalue weighted by molar-refractivity contribution is -0.113. The Morgan fingerprint density at radius 3 is 3.17 bits per heavy atom. The molecule has 1 aromatic heterocycles. The van der Waals surface area contributed by atoms with Gasteiger partial charge in [0, 0.05) is 12.8 Å². The Morgan fingerprint density at radius 1 is 1.92 bits per heavy atom. The fourth-order valence-electron chi connectivity index (χ4n) is 0.602. The highest BCUT2D eigenvalue weighted by molar-refractivity contribution is 7.99. The summed E-state index contributed by atoms with van der Waals surface area (Å²) in [4.78, 5) is 10.0. The number of aliphatic hydroxyl groups is 1. The molecular weight excluding hydrogens is 178 g/mol. The standard InChI is InChI=1S/C6H9N3O2S/c1-9-4-7-8-6(9)12-3-5(11)2-10/h2,4-5,11H,3H2,1H3. The van der Waals surface area contributed by atoms with Gasteiger partial charge >= 0.3 is 0 Å². The van der Waals surface area contributed by atoms with E-state index in [0.717, 1.165) is 0 Å². The minimum Gasteiger partial charge on any atom is -0.385 e. The minimum absolute atomic E-state index is 0.316. The third kappa shape index (κ3) is 2.31. The molecule has 0 fully saturated rings. The molecular formula is C6H9N3O2S. The molecule has 0 aliphatic heterocycles.